The molecule has 2 aromatic carbocycles. The van der Waals surface area contributed by atoms with Gasteiger partial charge in [0.25, 0.3) is 0 Å². The van der Waals surface area contributed by atoms with Gasteiger partial charge in [-0.15, -0.1) is 0 Å². The summed E-state index contributed by atoms with van der Waals surface area (Å²) in [5.41, 5.74) is 5.55. The van der Waals surface area contributed by atoms with Crippen molar-refractivity contribution in [1.29, 1.82) is 0 Å². The Bertz CT molecular complexity index is 1760. The molecular formula is C35H38Cl2N6O4. The van der Waals surface area contributed by atoms with Crippen molar-refractivity contribution >= 4 is 29.1 Å². The molecule has 4 aromatic rings. The Morgan fingerprint density at radius 3 is 2.04 bits per heavy atom. The number of aryl methyl sites for hydroxylation is 1. The van der Waals surface area contributed by atoms with Crippen LogP contribution in [0.4, 0.5) is 0 Å². The number of likely N-dealkylation sites (tertiary alicyclic amines) is 1. The molecule has 0 bridgehead atoms. The third-order valence-corrected chi connectivity index (χ3v) is 9.72. The summed E-state index contributed by atoms with van der Waals surface area (Å²) in [6, 6.07) is 11.7. The topological polar surface area (TPSA) is 123 Å². The van der Waals surface area contributed by atoms with Crippen LogP contribution in [0.5, 0.6) is 11.8 Å². The van der Waals surface area contributed by atoms with Crippen molar-refractivity contribution in [3.63, 3.8) is 0 Å². The highest BCUT2D eigenvalue weighted by Crippen LogP contribution is 2.42. The smallest absolute Gasteiger partial charge is 0.237 e. The maximum Gasteiger partial charge on any atom is 0.237 e. The molecule has 2 aromatic heterocycles. The molecule has 47 heavy (non-hydrogen) atoms. The number of hydrogen-bond donors (Lipinski definition) is 2. The van der Waals surface area contributed by atoms with Gasteiger partial charge in [0.05, 0.1) is 48.0 Å². The SMILES string of the molecule is COc1nc(-c2cccc(-c3cccc(-c4cnc(CN5CC[C@H](CO)C5)c(OC)n4)c3Cl)c2Cl)cnc1CCC[C@@H]1CCC(=O)N1. The average molecular weight is 678 g/mol. The van der Waals surface area contributed by atoms with Crippen molar-refractivity contribution in [2.75, 3.05) is 33.9 Å². The third-order valence-electron chi connectivity index (χ3n) is 8.90. The second-order valence-electron chi connectivity index (χ2n) is 12.0. The minimum absolute atomic E-state index is 0.123. The summed E-state index contributed by atoms with van der Waals surface area (Å²) in [7, 11) is 3.17. The highest BCUT2D eigenvalue weighted by atomic mass is 35.5. The molecule has 2 saturated heterocycles. The van der Waals surface area contributed by atoms with E-state index in [1.165, 1.54) is 0 Å². The van der Waals surface area contributed by atoms with Gasteiger partial charge in [0.15, 0.2) is 0 Å². The first-order valence-corrected chi connectivity index (χ1v) is 16.6. The molecule has 2 aliphatic heterocycles. The van der Waals surface area contributed by atoms with Gasteiger partial charge in [-0.3, -0.25) is 19.7 Å². The number of ether oxygens (including phenoxy) is 2. The lowest BCUT2D eigenvalue weighted by atomic mass is 9.98. The van der Waals surface area contributed by atoms with Gasteiger partial charge in [-0.2, -0.15) is 0 Å². The second-order valence-corrected chi connectivity index (χ2v) is 12.8. The molecule has 0 spiro atoms. The number of halogens is 2. The van der Waals surface area contributed by atoms with Gasteiger partial charge in [-0.25, -0.2) is 9.97 Å². The first-order valence-electron chi connectivity index (χ1n) is 15.9. The Labute approximate surface area is 284 Å². The molecule has 2 N–H and O–H groups in total. The van der Waals surface area contributed by atoms with Crippen LogP contribution >= 0.6 is 23.2 Å². The fourth-order valence-corrected chi connectivity index (χ4v) is 7.01. The lowest BCUT2D eigenvalue weighted by Gasteiger charge is -2.17. The molecule has 1 amide bonds. The van der Waals surface area contributed by atoms with Gasteiger partial charge in [0.2, 0.25) is 17.7 Å². The predicted molar refractivity (Wildman–Crippen MR) is 182 cm³/mol. The summed E-state index contributed by atoms with van der Waals surface area (Å²) < 4.78 is 11.2. The summed E-state index contributed by atoms with van der Waals surface area (Å²) in [5, 5.41) is 13.5. The molecule has 0 radical (unpaired) electrons. The van der Waals surface area contributed by atoms with Crippen LogP contribution in [0.2, 0.25) is 10.0 Å². The Morgan fingerprint density at radius 1 is 0.894 bits per heavy atom. The molecule has 246 valence electrons. The molecule has 10 nitrogen and oxygen atoms in total. The normalized spacial score (nSPS) is 18.0. The Balaban J connectivity index is 1.23. The zero-order valence-corrected chi connectivity index (χ0v) is 28.0. The number of carbonyl (C=O) groups is 1. The van der Waals surface area contributed by atoms with E-state index in [1.54, 1.807) is 26.6 Å². The van der Waals surface area contributed by atoms with Gasteiger partial charge < -0.3 is 19.9 Å². The first-order chi connectivity index (χ1) is 22.9. The summed E-state index contributed by atoms with van der Waals surface area (Å²) in [5.74, 6) is 1.31. The van der Waals surface area contributed by atoms with Crippen molar-refractivity contribution in [1.82, 2.24) is 30.2 Å². The summed E-state index contributed by atoms with van der Waals surface area (Å²) in [6.07, 6.45) is 8.31. The van der Waals surface area contributed by atoms with Gasteiger partial charge in [0, 0.05) is 54.4 Å². The summed E-state index contributed by atoms with van der Waals surface area (Å²) in [6.45, 7) is 2.51. The number of aromatic nitrogens is 4. The molecule has 2 aliphatic rings. The van der Waals surface area contributed by atoms with E-state index in [0.717, 1.165) is 61.3 Å². The van der Waals surface area contributed by atoms with E-state index < -0.39 is 0 Å². The van der Waals surface area contributed by atoms with Gasteiger partial charge in [-0.1, -0.05) is 59.6 Å². The van der Waals surface area contributed by atoms with Crippen LogP contribution in [-0.4, -0.2) is 75.8 Å². The number of amides is 1. The number of methoxy groups -OCH3 is 2. The van der Waals surface area contributed by atoms with E-state index >= 15 is 0 Å². The minimum Gasteiger partial charge on any atom is -0.480 e. The zero-order chi connectivity index (χ0) is 32.9. The van der Waals surface area contributed by atoms with Crippen LogP contribution in [0.3, 0.4) is 0 Å². The highest BCUT2D eigenvalue weighted by Gasteiger charge is 2.25. The number of aliphatic hydroxyl groups is 1. The molecular weight excluding hydrogens is 639 g/mol. The largest absolute Gasteiger partial charge is 0.480 e. The molecule has 6 rings (SSSR count). The molecule has 2 atom stereocenters. The van der Waals surface area contributed by atoms with Crippen LogP contribution in [0.1, 0.15) is 43.5 Å². The summed E-state index contributed by atoms with van der Waals surface area (Å²) in [4.78, 5) is 32.7. The molecule has 12 heteroatoms. The number of carbonyl (C=O) groups excluding carboxylic acids is 1. The fraction of sp³-hybridized carbons (Fsp3) is 0.400. The summed E-state index contributed by atoms with van der Waals surface area (Å²) >= 11 is 14.1. The zero-order valence-electron chi connectivity index (χ0n) is 26.5. The maximum absolute atomic E-state index is 11.5. The minimum atomic E-state index is 0.123. The number of aliphatic hydroxyl groups excluding tert-OH is 1. The second kappa shape index (κ2) is 14.9. The average Bonchev–Trinajstić information content (AvgIpc) is 3.73. The lowest BCUT2D eigenvalue weighted by Crippen LogP contribution is -2.25. The quantitative estimate of drug-likeness (QED) is 0.186. The van der Waals surface area contributed by atoms with Crippen LogP contribution in [0, 0.1) is 5.92 Å². The standard InChI is InChI=1S/C35H38Cl2N6O4/c1-46-34-27(11-3-6-22-12-13-31(45)40-22)38-16-28(41-34)25-9-4-7-23(32(25)36)24-8-5-10-26(33(24)37)29-17-39-30(35(42-29)47-2)19-43-15-14-21(18-43)20-44/h4-5,7-10,16-17,21-22,44H,3,6,11-15,18-20H2,1-2H3,(H,40,45)/t21-,22+/m0/s1. The predicted octanol–water partition coefficient (Wildman–Crippen LogP) is 6.01. The third kappa shape index (κ3) is 7.36. The van der Waals surface area contributed by atoms with E-state index in [0.29, 0.717) is 63.7 Å². The van der Waals surface area contributed by atoms with Gasteiger partial charge in [-0.05, 0) is 44.6 Å². The van der Waals surface area contributed by atoms with Crippen molar-refractivity contribution < 1.29 is 19.4 Å². The van der Waals surface area contributed by atoms with Crippen molar-refractivity contribution in [2.24, 2.45) is 5.92 Å². The van der Waals surface area contributed by atoms with Gasteiger partial charge >= 0.3 is 0 Å². The van der Waals surface area contributed by atoms with Crippen molar-refractivity contribution in [3.05, 3.63) is 70.2 Å². The van der Waals surface area contributed by atoms with E-state index in [9.17, 15) is 9.90 Å². The number of benzene rings is 2. The van der Waals surface area contributed by atoms with Crippen LogP contribution in [0.25, 0.3) is 33.6 Å². The highest BCUT2D eigenvalue weighted by molar-refractivity contribution is 6.39. The van der Waals surface area contributed by atoms with Gasteiger partial charge in [0.1, 0.15) is 11.4 Å². The van der Waals surface area contributed by atoms with Crippen molar-refractivity contribution in [3.8, 4) is 45.4 Å². The maximum atomic E-state index is 11.5. The molecule has 0 unspecified atom stereocenters. The number of hydrogen-bond acceptors (Lipinski definition) is 9. The number of nitrogens with zero attached hydrogens (tertiary/aromatic N) is 5. The Hall–Kier alpha value is -3.83. The van der Waals surface area contributed by atoms with E-state index in [2.05, 4.69) is 15.2 Å². The number of nitrogens with one attached hydrogen (secondary N) is 1. The molecule has 2 fully saturated rings. The van der Waals surface area contributed by atoms with Crippen LogP contribution in [0.15, 0.2) is 48.8 Å². The first kappa shape index (κ1) is 33.1. The molecule has 4 heterocycles. The van der Waals surface area contributed by atoms with Crippen molar-refractivity contribution in [2.45, 2.75) is 51.1 Å². The fourth-order valence-electron chi connectivity index (χ4n) is 6.36. The van der Waals surface area contributed by atoms with E-state index in [4.69, 9.17) is 47.6 Å². The number of rotatable bonds is 12. The van der Waals surface area contributed by atoms with Crippen LogP contribution < -0.4 is 14.8 Å². The van der Waals surface area contributed by atoms with E-state index in [1.807, 2.05) is 36.4 Å². The molecule has 0 aliphatic carbocycles. The lowest BCUT2D eigenvalue weighted by molar-refractivity contribution is -0.119. The monoisotopic (exact) mass is 676 g/mol. The van der Waals surface area contributed by atoms with Crippen LogP contribution in [-0.2, 0) is 17.8 Å². The molecule has 0 saturated carbocycles. The van der Waals surface area contributed by atoms with E-state index in [-0.39, 0.29) is 24.5 Å². The Morgan fingerprint density at radius 2 is 1.49 bits per heavy atom. The Kier molecular flexibility index (Phi) is 10.5.